The number of hydrogen-bond donors (Lipinski definition) is 2. The summed E-state index contributed by atoms with van der Waals surface area (Å²) in [6.07, 6.45) is 8.26. The van der Waals surface area contributed by atoms with Crippen molar-refractivity contribution in [2.75, 3.05) is 18.0 Å². The number of rotatable bonds is 3. The van der Waals surface area contributed by atoms with E-state index in [2.05, 4.69) is 20.7 Å². The van der Waals surface area contributed by atoms with E-state index in [9.17, 15) is 9.18 Å². The van der Waals surface area contributed by atoms with Gasteiger partial charge in [-0.3, -0.25) is 10.3 Å². The summed E-state index contributed by atoms with van der Waals surface area (Å²) in [6, 6.07) is 4.50. The van der Waals surface area contributed by atoms with Crippen LogP contribution in [0.25, 0.3) is 5.57 Å². The zero-order valence-electron chi connectivity index (χ0n) is 13.7. The van der Waals surface area contributed by atoms with Crippen molar-refractivity contribution >= 4 is 36.0 Å². The first-order chi connectivity index (χ1) is 12.7. The summed E-state index contributed by atoms with van der Waals surface area (Å²) in [4.78, 5) is 13.2. The number of ether oxygens (including phenoxy) is 1. The second kappa shape index (κ2) is 8.17. The largest absolute Gasteiger partial charge is 0.443 e. The Morgan fingerprint density at radius 3 is 3.00 bits per heavy atom. The molecular formula is C17H17FN6O2. The smallest absolute Gasteiger partial charge is 0.414 e. The van der Waals surface area contributed by atoms with Crippen LogP contribution in [0.4, 0.5) is 14.9 Å². The second-order valence-electron chi connectivity index (χ2n) is 5.41. The van der Waals surface area contributed by atoms with Crippen LogP contribution in [0, 0.1) is 5.82 Å². The zero-order valence-corrected chi connectivity index (χ0v) is 13.7. The minimum atomic E-state index is -0.535. The van der Waals surface area contributed by atoms with Crippen LogP contribution in [0.5, 0.6) is 0 Å². The number of amides is 1. The normalized spacial score (nSPS) is 26.7. The van der Waals surface area contributed by atoms with Gasteiger partial charge in [-0.25, -0.2) is 9.18 Å². The maximum absolute atomic E-state index is 14.7. The second-order valence-corrected chi connectivity index (χ2v) is 5.41. The van der Waals surface area contributed by atoms with Gasteiger partial charge >= 0.3 is 6.09 Å². The fraction of sp³-hybridized carbons (Fsp3) is 0.176. The molecule has 1 saturated heterocycles. The summed E-state index contributed by atoms with van der Waals surface area (Å²) < 4.78 is 19.8. The van der Waals surface area contributed by atoms with Gasteiger partial charge in [0.2, 0.25) is 0 Å². The van der Waals surface area contributed by atoms with Gasteiger partial charge in [-0.1, -0.05) is 6.08 Å². The summed E-state index contributed by atoms with van der Waals surface area (Å²) in [5.74, 6) is -0.499. The van der Waals surface area contributed by atoms with Gasteiger partial charge < -0.3 is 10.5 Å². The Morgan fingerprint density at radius 2 is 2.23 bits per heavy atom. The molecule has 0 saturated carbocycles. The molecule has 0 spiro atoms. The lowest BCUT2D eigenvalue weighted by atomic mass is 10.0. The van der Waals surface area contributed by atoms with Crippen LogP contribution in [0.15, 0.2) is 51.9 Å². The van der Waals surface area contributed by atoms with Gasteiger partial charge in [-0.05, 0) is 24.3 Å². The molecule has 2 heterocycles. The Hall–Kier alpha value is -3.33. The number of nitrogens with one attached hydrogen (secondary N) is 1. The maximum atomic E-state index is 14.7. The number of halogens is 1. The molecule has 2 aliphatic heterocycles. The highest BCUT2D eigenvalue weighted by Gasteiger charge is 2.31. The van der Waals surface area contributed by atoms with Crippen molar-refractivity contribution in [1.29, 1.82) is 0 Å². The van der Waals surface area contributed by atoms with E-state index in [1.54, 1.807) is 30.5 Å². The molecule has 3 rings (SSSR count). The van der Waals surface area contributed by atoms with Crippen molar-refractivity contribution in [1.82, 2.24) is 5.43 Å². The summed E-state index contributed by atoms with van der Waals surface area (Å²) >= 11 is 0. The first kappa shape index (κ1) is 17.5. The van der Waals surface area contributed by atoms with Crippen molar-refractivity contribution < 1.29 is 13.9 Å². The minimum absolute atomic E-state index is 0.219. The Labute approximate surface area is 149 Å². The van der Waals surface area contributed by atoms with Crippen LogP contribution in [-0.4, -0.2) is 43.9 Å². The molecule has 0 aromatic heterocycles. The number of anilines is 1. The number of hydrazone groups is 1. The Morgan fingerprint density at radius 1 is 1.35 bits per heavy atom. The van der Waals surface area contributed by atoms with Crippen LogP contribution in [-0.2, 0) is 4.74 Å². The third kappa shape index (κ3) is 4.01. The van der Waals surface area contributed by atoms with Gasteiger partial charge in [-0.2, -0.15) is 15.3 Å². The Balaban J connectivity index is 1.88. The topological polar surface area (TPSA) is 105 Å². The van der Waals surface area contributed by atoms with Crippen LogP contribution in [0.1, 0.15) is 5.56 Å². The van der Waals surface area contributed by atoms with Gasteiger partial charge in [0.15, 0.2) is 0 Å². The maximum Gasteiger partial charge on any atom is 0.414 e. The van der Waals surface area contributed by atoms with E-state index in [1.807, 2.05) is 0 Å². The number of carbonyl (C=O) groups is 1. The first-order valence-electron chi connectivity index (χ1n) is 7.87. The van der Waals surface area contributed by atoms with Crippen molar-refractivity contribution in [2.24, 2.45) is 21.0 Å². The fourth-order valence-corrected chi connectivity index (χ4v) is 2.44. The number of allylic oxidation sites excluding steroid dienone is 3. The molecule has 1 amide bonds. The molecule has 26 heavy (non-hydrogen) atoms. The van der Waals surface area contributed by atoms with Gasteiger partial charge in [0.05, 0.1) is 30.9 Å². The van der Waals surface area contributed by atoms with Gasteiger partial charge in [0, 0.05) is 23.9 Å². The number of carbonyl (C=O) groups excluding carboxylic acids is 1. The monoisotopic (exact) mass is 356 g/mol. The fourth-order valence-electron chi connectivity index (χ4n) is 2.44. The Bertz CT molecular complexity index is 831. The van der Waals surface area contributed by atoms with Crippen LogP contribution in [0.2, 0.25) is 0 Å². The van der Waals surface area contributed by atoms with Crippen molar-refractivity contribution in [3.8, 4) is 0 Å². The number of hydrogen-bond acceptors (Lipinski definition) is 7. The third-order valence-corrected chi connectivity index (χ3v) is 3.70. The van der Waals surface area contributed by atoms with Gasteiger partial charge in [0.1, 0.15) is 11.9 Å². The van der Waals surface area contributed by atoms with Crippen LogP contribution in [0.3, 0.4) is 0 Å². The number of cyclic esters (lactones) is 1. The zero-order chi connectivity index (χ0) is 18.4. The molecule has 0 radical (unpaired) electrons. The third-order valence-electron chi connectivity index (χ3n) is 3.70. The van der Waals surface area contributed by atoms with E-state index in [0.29, 0.717) is 23.4 Å². The van der Waals surface area contributed by atoms with E-state index in [4.69, 9.17) is 10.5 Å². The highest BCUT2D eigenvalue weighted by Crippen LogP contribution is 2.26. The summed E-state index contributed by atoms with van der Waals surface area (Å²) in [7, 11) is 0. The predicted octanol–water partition coefficient (Wildman–Crippen LogP) is 1.65. The van der Waals surface area contributed by atoms with Crippen molar-refractivity contribution in [2.45, 2.75) is 6.10 Å². The molecule has 9 heteroatoms. The molecule has 0 bridgehead atoms. The highest BCUT2D eigenvalue weighted by molar-refractivity contribution is 6.16. The van der Waals surface area contributed by atoms with E-state index in [1.165, 1.54) is 29.6 Å². The molecule has 3 N–H and O–H groups in total. The minimum Gasteiger partial charge on any atom is -0.443 e. The van der Waals surface area contributed by atoms with Gasteiger partial charge in [-0.15, -0.1) is 0 Å². The lowest BCUT2D eigenvalue weighted by molar-refractivity contribution is 0.145. The molecule has 8 nitrogen and oxygen atoms in total. The van der Waals surface area contributed by atoms with Crippen molar-refractivity contribution in [3.63, 3.8) is 0 Å². The SMILES string of the molecule is NCC1CN(c2ccc(C3=C/C=C/N/N=C\C=N/N=C\3)c(F)c2)C(=O)O1. The van der Waals surface area contributed by atoms with E-state index in [0.717, 1.165) is 0 Å². The first-order valence-corrected chi connectivity index (χ1v) is 7.87. The molecular weight excluding hydrogens is 339 g/mol. The van der Waals surface area contributed by atoms with Gasteiger partial charge in [0.25, 0.3) is 0 Å². The molecule has 1 atom stereocenters. The summed E-state index contributed by atoms with van der Waals surface area (Å²) in [6.45, 7) is 0.512. The number of nitrogens with two attached hydrogens (primary N) is 1. The molecule has 134 valence electrons. The molecule has 1 aromatic carbocycles. The summed E-state index contributed by atoms with van der Waals surface area (Å²) in [5.41, 5.74) is 9.42. The highest BCUT2D eigenvalue weighted by atomic mass is 19.1. The van der Waals surface area contributed by atoms with E-state index in [-0.39, 0.29) is 12.6 Å². The van der Waals surface area contributed by atoms with E-state index < -0.39 is 11.9 Å². The average molecular weight is 356 g/mol. The van der Waals surface area contributed by atoms with E-state index >= 15 is 0 Å². The average Bonchev–Trinajstić information content (AvgIpc) is 2.99. The lowest BCUT2D eigenvalue weighted by Gasteiger charge is -2.14. The standard InChI is InChI=1S/C17H17FN6O2/c18-16-8-13(24-11-14(9-19)26-17(24)25)3-4-15(16)12-2-1-5-20-21-6-7-22-23-10-12/h1-8,10,14,20H,9,11,19H2/b5-1+,12-2+,21-6-,22-7-,23-10-. The quantitative estimate of drug-likeness (QED) is 0.859. The molecule has 0 aliphatic carbocycles. The van der Waals surface area contributed by atoms with Crippen LogP contribution < -0.4 is 16.1 Å². The molecule has 1 aromatic rings. The van der Waals surface area contributed by atoms with Crippen LogP contribution >= 0.6 is 0 Å². The molecule has 1 unspecified atom stereocenters. The molecule has 1 fully saturated rings. The predicted molar refractivity (Wildman–Crippen MR) is 98.8 cm³/mol. The molecule has 2 aliphatic rings. The number of nitrogens with zero attached hydrogens (tertiary/aromatic N) is 4. The number of benzene rings is 1. The van der Waals surface area contributed by atoms with Crippen molar-refractivity contribution in [3.05, 3.63) is 47.9 Å². The Kier molecular flexibility index (Phi) is 5.49. The summed E-state index contributed by atoms with van der Waals surface area (Å²) in [5, 5.41) is 11.5. The lowest BCUT2D eigenvalue weighted by Crippen LogP contribution is -2.27.